The number of aromatic nitrogens is 3. The number of fused-ring (bicyclic) bond motifs is 1. The van der Waals surface area contributed by atoms with E-state index >= 15 is 0 Å². The van der Waals surface area contributed by atoms with Gasteiger partial charge in [0.2, 0.25) is 5.91 Å². The monoisotopic (exact) mass is 368 g/mol. The molecule has 5 nitrogen and oxygen atoms in total. The van der Waals surface area contributed by atoms with Crippen LogP contribution in [0.2, 0.25) is 0 Å². The predicted octanol–water partition coefficient (Wildman–Crippen LogP) is 2.92. The second kappa shape index (κ2) is 7.26. The molecule has 0 spiro atoms. The summed E-state index contributed by atoms with van der Waals surface area (Å²) in [5, 5.41) is 7.45. The Morgan fingerprint density at radius 1 is 1.04 bits per heavy atom. The fourth-order valence-electron chi connectivity index (χ4n) is 3.36. The van der Waals surface area contributed by atoms with Gasteiger partial charge in [0.05, 0.1) is 18.3 Å². The molecule has 0 fully saturated rings. The van der Waals surface area contributed by atoms with Gasteiger partial charge in [0.1, 0.15) is 11.6 Å². The highest BCUT2D eigenvalue weighted by atomic mass is 19.1. The highest BCUT2D eigenvalue weighted by Crippen LogP contribution is 2.27. The third-order valence-electron chi connectivity index (χ3n) is 4.81. The van der Waals surface area contributed by atoms with E-state index in [0.717, 1.165) is 28.7 Å². The molecule has 3 heterocycles. The first kappa shape index (κ1) is 17.3. The van der Waals surface area contributed by atoms with E-state index in [0.29, 0.717) is 31.6 Å². The summed E-state index contributed by atoms with van der Waals surface area (Å²) in [4.78, 5) is 18.4. The lowest BCUT2D eigenvalue weighted by atomic mass is 10.0. The Bertz CT molecular complexity index is 951. The Labute approximate surface area is 155 Å². The van der Waals surface area contributed by atoms with Crippen molar-refractivity contribution >= 4 is 5.91 Å². The number of rotatable bonds is 3. The van der Waals surface area contributed by atoms with Crippen molar-refractivity contribution in [3.05, 3.63) is 71.2 Å². The van der Waals surface area contributed by atoms with Crippen molar-refractivity contribution in [3.63, 3.8) is 0 Å². The molecule has 0 atom stereocenters. The molecule has 0 unspecified atom stereocenters. The normalized spacial score (nSPS) is 13.9. The van der Waals surface area contributed by atoms with Crippen LogP contribution in [0.25, 0.3) is 11.3 Å². The van der Waals surface area contributed by atoms with Gasteiger partial charge in [-0.25, -0.2) is 8.78 Å². The standard InChI is InChI=1S/C20H18F2N4O/c21-14-3-1-13(2-4-14)20-17-7-9-26(10-8-18(17)24-25-20)19(27)11-16-6-5-15(22)12-23-16/h1-6,12H,7-11H2,(H,24,25). The number of aromatic amines is 1. The molecule has 1 aromatic carbocycles. The maximum absolute atomic E-state index is 13.2. The molecule has 2 aromatic heterocycles. The van der Waals surface area contributed by atoms with Crippen LogP contribution < -0.4 is 0 Å². The van der Waals surface area contributed by atoms with Gasteiger partial charge in [-0.15, -0.1) is 0 Å². The summed E-state index contributed by atoms with van der Waals surface area (Å²) in [6, 6.07) is 9.09. The van der Waals surface area contributed by atoms with Gasteiger partial charge in [-0.2, -0.15) is 5.10 Å². The Balaban J connectivity index is 1.47. The second-order valence-corrected chi connectivity index (χ2v) is 6.56. The summed E-state index contributed by atoms with van der Waals surface area (Å²) in [5.74, 6) is -0.734. The highest BCUT2D eigenvalue weighted by Gasteiger charge is 2.23. The smallest absolute Gasteiger partial charge is 0.228 e. The molecule has 0 aliphatic carbocycles. The molecule has 1 aliphatic heterocycles. The van der Waals surface area contributed by atoms with Crippen LogP contribution in [0, 0.1) is 11.6 Å². The van der Waals surface area contributed by atoms with E-state index in [1.54, 1.807) is 17.0 Å². The lowest BCUT2D eigenvalue weighted by Gasteiger charge is -2.20. The van der Waals surface area contributed by atoms with Crippen LogP contribution in [-0.2, 0) is 24.1 Å². The predicted molar refractivity (Wildman–Crippen MR) is 95.9 cm³/mol. The average Bonchev–Trinajstić information content (AvgIpc) is 2.95. The van der Waals surface area contributed by atoms with E-state index in [1.807, 2.05) is 0 Å². The maximum atomic E-state index is 13.2. The van der Waals surface area contributed by atoms with Crippen molar-refractivity contribution in [2.75, 3.05) is 13.1 Å². The molecular weight excluding hydrogens is 350 g/mol. The summed E-state index contributed by atoms with van der Waals surface area (Å²) in [5.41, 5.74) is 4.28. The number of carbonyl (C=O) groups excluding carboxylic acids is 1. The van der Waals surface area contributed by atoms with E-state index in [-0.39, 0.29) is 18.1 Å². The number of nitrogens with one attached hydrogen (secondary N) is 1. The number of carbonyl (C=O) groups is 1. The molecule has 0 saturated heterocycles. The molecule has 3 aromatic rings. The van der Waals surface area contributed by atoms with Crippen LogP contribution in [0.15, 0.2) is 42.6 Å². The highest BCUT2D eigenvalue weighted by molar-refractivity contribution is 5.78. The summed E-state index contributed by atoms with van der Waals surface area (Å²) in [6.07, 6.45) is 2.61. The molecule has 0 radical (unpaired) electrons. The molecule has 138 valence electrons. The number of pyridine rings is 1. The van der Waals surface area contributed by atoms with Gasteiger partial charge in [-0.1, -0.05) is 0 Å². The maximum Gasteiger partial charge on any atom is 0.228 e. The molecule has 4 rings (SSSR count). The molecule has 1 aliphatic rings. The number of H-pyrrole nitrogens is 1. The lowest BCUT2D eigenvalue weighted by molar-refractivity contribution is -0.130. The quantitative estimate of drug-likeness (QED) is 0.773. The molecular formula is C20H18F2N4O. The van der Waals surface area contributed by atoms with E-state index in [9.17, 15) is 13.6 Å². The van der Waals surface area contributed by atoms with E-state index < -0.39 is 5.82 Å². The van der Waals surface area contributed by atoms with Gasteiger partial charge >= 0.3 is 0 Å². The molecule has 7 heteroatoms. The number of benzene rings is 1. The van der Waals surface area contributed by atoms with Crippen molar-refractivity contribution < 1.29 is 13.6 Å². The minimum Gasteiger partial charge on any atom is -0.342 e. The molecule has 1 amide bonds. The summed E-state index contributed by atoms with van der Waals surface area (Å²) >= 11 is 0. The average molecular weight is 368 g/mol. The van der Waals surface area contributed by atoms with Crippen LogP contribution in [0.1, 0.15) is 17.0 Å². The Hall–Kier alpha value is -3.09. The van der Waals surface area contributed by atoms with E-state index in [2.05, 4.69) is 15.2 Å². The largest absolute Gasteiger partial charge is 0.342 e. The first-order valence-electron chi connectivity index (χ1n) is 8.80. The molecule has 27 heavy (non-hydrogen) atoms. The van der Waals surface area contributed by atoms with Gasteiger partial charge in [0, 0.05) is 42.0 Å². The lowest BCUT2D eigenvalue weighted by Crippen LogP contribution is -2.34. The fourth-order valence-corrected chi connectivity index (χ4v) is 3.36. The minimum absolute atomic E-state index is 0.0319. The van der Waals surface area contributed by atoms with Crippen molar-refractivity contribution in [1.82, 2.24) is 20.1 Å². The van der Waals surface area contributed by atoms with Gasteiger partial charge < -0.3 is 4.90 Å². The Morgan fingerprint density at radius 2 is 1.78 bits per heavy atom. The second-order valence-electron chi connectivity index (χ2n) is 6.56. The van der Waals surface area contributed by atoms with Gasteiger partial charge in [0.25, 0.3) is 0 Å². The number of halogens is 2. The van der Waals surface area contributed by atoms with Crippen LogP contribution in [0.5, 0.6) is 0 Å². The SMILES string of the molecule is O=C(Cc1ccc(F)cn1)N1CCc2[nH]nc(-c3ccc(F)cc3)c2CC1. The number of hydrogen-bond donors (Lipinski definition) is 1. The van der Waals surface area contributed by atoms with Crippen molar-refractivity contribution in [3.8, 4) is 11.3 Å². The van der Waals surface area contributed by atoms with Gasteiger partial charge in [-0.3, -0.25) is 14.9 Å². The fraction of sp³-hybridized carbons (Fsp3) is 0.250. The zero-order valence-electron chi connectivity index (χ0n) is 14.6. The zero-order chi connectivity index (χ0) is 18.8. The Kier molecular flexibility index (Phi) is 4.66. The van der Waals surface area contributed by atoms with Crippen molar-refractivity contribution in [1.29, 1.82) is 0 Å². The van der Waals surface area contributed by atoms with Crippen molar-refractivity contribution in [2.24, 2.45) is 0 Å². The summed E-state index contributed by atoms with van der Waals surface area (Å²) in [6.45, 7) is 1.15. The summed E-state index contributed by atoms with van der Waals surface area (Å²) in [7, 11) is 0. The van der Waals surface area contributed by atoms with E-state index in [1.165, 1.54) is 24.3 Å². The molecule has 0 saturated carbocycles. The third kappa shape index (κ3) is 3.72. The zero-order valence-corrected chi connectivity index (χ0v) is 14.6. The first-order valence-corrected chi connectivity index (χ1v) is 8.80. The third-order valence-corrected chi connectivity index (χ3v) is 4.81. The van der Waals surface area contributed by atoms with Gasteiger partial charge in [0.15, 0.2) is 0 Å². The van der Waals surface area contributed by atoms with Crippen LogP contribution in [0.4, 0.5) is 8.78 Å². The van der Waals surface area contributed by atoms with Crippen molar-refractivity contribution in [2.45, 2.75) is 19.3 Å². The molecule has 0 bridgehead atoms. The number of nitrogens with zero attached hydrogens (tertiary/aromatic N) is 3. The number of hydrogen-bond acceptors (Lipinski definition) is 3. The topological polar surface area (TPSA) is 61.9 Å². The summed E-state index contributed by atoms with van der Waals surface area (Å²) < 4.78 is 26.1. The van der Waals surface area contributed by atoms with Gasteiger partial charge in [-0.05, 0) is 42.8 Å². The minimum atomic E-state index is -0.416. The first-order chi connectivity index (χ1) is 13.1. The van der Waals surface area contributed by atoms with Crippen LogP contribution >= 0.6 is 0 Å². The van der Waals surface area contributed by atoms with E-state index in [4.69, 9.17) is 0 Å². The number of amides is 1. The van der Waals surface area contributed by atoms with Crippen LogP contribution in [0.3, 0.4) is 0 Å². The molecule has 1 N–H and O–H groups in total. The van der Waals surface area contributed by atoms with Crippen LogP contribution in [-0.4, -0.2) is 39.1 Å². The Morgan fingerprint density at radius 3 is 2.52 bits per heavy atom.